The Labute approximate surface area is 186 Å². The van der Waals surface area contributed by atoms with Crippen LogP contribution in [-0.4, -0.2) is 16.5 Å². The minimum Gasteiger partial charge on any atom is -0.383 e. The van der Waals surface area contributed by atoms with E-state index in [2.05, 4.69) is 4.98 Å². The second-order valence-corrected chi connectivity index (χ2v) is 7.77. The molecule has 0 atom stereocenters. The number of benzene rings is 2. The summed E-state index contributed by atoms with van der Waals surface area (Å²) in [6, 6.07) is 15.1. The molecule has 0 amide bonds. The molecule has 0 aliphatic rings. The van der Waals surface area contributed by atoms with Gasteiger partial charge in [0.15, 0.2) is 5.78 Å². The highest BCUT2D eigenvalue weighted by Crippen LogP contribution is 2.36. The predicted molar refractivity (Wildman–Crippen MR) is 115 cm³/mol. The van der Waals surface area contributed by atoms with Crippen molar-refractivity contribution in [1.82, 2.24) is 4.98 Å². The van der Waals surface area contributed by atoms with Crippen molar-refractivity contribution < 1.29 is 18.0 Å². The Balaban J connectivity index is 1.93. The van der Waals surface area contributed by atoms with Gasteiger partial charge in [-0.3, -0.25) is 4.79 Å². The van der Waals surface area contributed by atoms with E-state index in [4.69, 9.17) is 5.73 Å². The number of aromatic nitrogens is 1. The molecule has 2 N–H and O–H groups in total. The van der Waals surface area contributed by atoms with Crippen molar-refractivity contribution >= 4 is 23.4 Å². The molecule has 1 heterocycles. The molecule has 0 saturated heterocycles. The van der Waals surface area contributed by atoms with Crippen LogP contribution in [0.5, 0.6) is 0 Å². The molecule has 5 nitrogen and oxygen atoms in total. The van der Waals surface area contributed by atoms with Crippen LogP contribution in [0.3, 0.4) is 0 Å². The highest BCUT2D eigenvalue weighted by atomic mass is 32.2. The zero-order chi connectivity index (χ0) is 23.5. The third kappa shape index (κ3) is 4.74. The average Bonchev–Trinajstić information content (AvgIpc) is 2.77. The third-order valence-corrected chi connectivity index (χ3v) is 5.61. The maximum Gasteiger partial charge on any atom is 0.416 e. The summed E-state index contributed by atoms with van der Waals surface area (Å²) >= 11 is 0.935. The van der Waals surface area contributed by atoms with Gasteiger partial charge in [-0.1, -0.05) is 53.7 Å². The molecule has 3 aromatic rings. The number of aryl methyl sites for hydroxylation is 1. The van der Waals surface area contributed by atoms with Crippen LogP contribution in [0.1, 0.15) is 32.6 Å². The van der Waals surface area contributed by atoms with Gasteiger partial charge >= 0.3 is 6.18 Å². The summed E-state index contributed by atoms with van der Waals surface area (Å²) in [6.07, 6.45) is -4.49. The van der Waals surface area contributed by atoms with Crippen LogP contribution in [0.25, 0.3) is 11.1 Å². The maximum atomic E-state index is 12.7. The number of nitrogen functional groups attached to an aromatic ring is 1. The Morgan fingerprint density at radius 3 is 2.16 bits per heavy atom. The van der Waals surface area contributed by atoms with Crippen molar-refractivity contribution in [1.29, 1.82) is 10.5 Å². The van der Waals surface area contributed by atoms with E-state index in [0.717, 1.165) is 41.6 Å². The first kappa shape index (κ1) is 22.9. The minimum atomic E-state index is -4.49. The normalized spacial score (nSPS) is 10.9. The molecule has 32 heavy (non-hydrogen) atoms. The van der Waals surface area contributed by atoms with Gasteiger partial charge in [-0.2, -0.15) is 23.7 Å². The lowest BCUT2D eigenvalue weighted by Crippen LogP contribution is -2.08. The monoisotopic (exact) mass is 452 g/mol. The van der Waals surface area contributed by atoms with Crippen molar-refractivity contribution in [2.24, 2.45) is 0 Å². The van der Waals surface area contributed by atoms with E-state index in [1.807, 2.05) is 31.2 Å². The number of rotatable bonds is 5. The summed E-state index contributed by atoms with van der Waals surface area (Å²) in [4.78, 5) is 16.6. The van der Waals surface area contributed by atoms with E-state index in [0.29, 0.717) is 11.1 Å². The maximum absolute atomic E-state index is 12.7. The fourth-order valence-electron chi connectivity index (χ4n) is 2.97. The van der Waals surface area contributed by atoms with Crippen molar-refractivity contribution in [2.75, 3.05) is 11.5 Å². The zero-order valence-electron chi connectivity index (χ0n) is 16.7. The minimum absolute atomic E-state index is 0.0591. The summed E-state index contributed by atoms with van der Waals surface area (Å²) in [5, 5.41) is 19.5. The number of hydrogen-bond donors (Lipinski definition) is 1. The highest BCUT2D eigenvalue weighted by molar-refractivity contribution is 8.00. The Morgan fingerprint density at radius 1 is 1.03 bits per heavy atom. The van der Waals surface area contributed by atoms with Gasteiger partial charge < -0.3 is 5.73 Å². The number of nitriles is 2. The van der Waals surface area contributed by atoms with Gasteiger partial charge in [-0.05, 0) is 24.6 Å². The number of carbonyl (C=O) groups is 1. The third-order valence-electron chi connectivity index (χ3n) is 4.63. The predicted octanol–water partition coefficient (Wildman–Crippen LogP) is 5.38. The van der Waals surface area contributed by atoms with E-state index < -0.39 is 17.5 Å². The van der Waals surface area contributed by atoms with Crippen LogP contribution in [-0.2, 0) is 6.18 Å². The van der Waals surface area contributed by atoms with E-state index in [1.54, 1.807) is 12.1 Å². The average molecular weight is 452 g/mol. The molecule has 2 aromatic carbocycles. The number of hydrogen-bond acceptors (Lipinski definition) is 6. The molecule has 0 unspecified atom stereocenters. The molecule has 9 heteroatoms. The fraction of sp³-hybridized carbons (Fsp3) is 0.130. The lowest BCUT2D eigenvalue weighted by molar-refractivity contribution is -0.137. The van der Waals surface area contributed by atoms with Gasteiger partial charge in [0.2, 0.25) is 0 Å². The molecule has 0 aliphatic carbocycles. The zero-order valence-corrected chi connectivity index (χ0v) is 17.5. The van der Waals surface area contributed by atoms with E-state index in [-0.39, 0.29) is 33.3 Å². The standard InChI is InChI=1S/C23H15F3N4OS/c1-13-2-4-15(5-3-13)20-17(10-27)21(29)30-22(18(20)11-28)32-12-19(31)14-6-8-16(9-7-14)23(24,25)26/h2-9H,12H2,1H3,(H2,29,30). The van der Waals surface area contributed by atoms with Crippen LogP contribution in [0.4, 0.5) is 19.0 Å². The first-order valence-electron chi connectivity index (χ1n) is 9.19. The van der Waals surface area contributed by atoms with Gasteiger partial charge in [0.1, 0.15) is 28.5 Å². The number of anilines is 1. The number of Topliss-reactive ketones (excluding diaryl/α,β-unsaturated/α-hetero) is 1. The molecule has 0 aliphatic heterocycles. The van der Waals surface area contributed by atoms with Crippen LogP contribution in [0.2, 0.25) is 0 Å². The second kappa shape index (κ2) is 9.13. The number of thioether (sulfide) groups is 1. The number of carbonyl (C=O) groups excluding carboxylic acids is 1. The van der Waals surface area contributed by atoms with Crippen molar-refractivity contribution in [3.05, 3.63) is 76.3 Å². The Bertz CT molecular complexity index is 1260. The molecule has 0 saturated carbocycles. The number of nitrogens with zero attached hydrogens (tertiary/aromatic N) is 3. The summed E-state index contributed by atoms with van der Waals surface area (Å²) < 4.78 is 38.1. The molecule has 0 bridgehead atoms. The number of pyridine rings is 1. The van der Waals surface area contributed by atoms with E-state index in [9.17, 15) is 28.5 Å². The SMILES string of the molecule is Cc1ccc(-c2c(C#N)c(N)nc(SCC(=O)c3ccc(C(F)(F)F)cc3)c2C#N)cc1. The lowest BCUT2D eigenvalue weighted by atomic mass is 9.96. The molecule has 160 valence electrons. The Kier molecular flexibility index (Phi) is 6.52. The van der Waals surface area contributed by atoms with Gasteiger partial charge in [0.25, 0.3) is 0 Å². The second-order valence-electron chi connectivity index (χ2n) is 6.80. The van der Waals surface area contributed by atoms with Crippen LogP contribution in [0.15, 0.2) is 53.6 Å². The van der Waals surface area contributed by atoms with E-state index >= 15 is 0 Å². The Morgan fingerprint density at radius 2 is 1.62 bits per heavy atom. The summed E-state index contributed by atoms with van der Waals surface area (Å²) in [5.74, 6) is -0.688. The van der Waals surface area contributed by atoms with Gasteiger partial charge in [-0.15, -0.1) is 0 Å². The molecule has 0 spiro atoms. The molecule has 3 rings (SSSR count). The first-order valence-corrected chi connectivity index (χ1v) is 10.2. The van der Waals surface area contributed by atoms with Crippen molar-refractivity contribution in [2.45, 2.75) is 18.1 Å². The van der Waals surface area contributed by atoms with Gasteiger partial charge in [0, 0.05) is 11.1 Å². The molecular formula is C23H15F3N4OS. The van der Waals surface area contributed by atoms with E-state index in [1.165, 1.54) is 0 Å². The first-order chi connectivity index (χ1) is 15.2. The van der Waals surface area contributed by atoms with Crippen molar-refractivity contribution in [3.8, 4) is 23.3 Å². The largest absolute Gasteiger partial charge is 0.416 e. The summed E-state index contributed by atoms with van der Waals surface area (Å²) in [6.45, 7) is 1.90. The lowest BCUT2D eigenvalue weighted by Gasteiger charge is -2.13. The van der Waals surface area contributed by atoms with Crippen molar-refractivity contribution in [3.63, 3.8) is 0 Å². The quantitative estimate of drug-likeness (QED) is 0.412. The smallest absolute Gasteiger partial charge is 0.383 e. The Hall–Kier alpha value is -3.82. The van der Waals surface area contributed by atoms with Crippen LogP contribution < -0.4 is 5.73 Å². The van der Waals surface area contributed by atoms with Crippen LogP contribution in [0, 0.1) is 29.6 Å². The molecule has 0 fully saturated rings. The topological polar surface area (TPSA) is 104 Å². The number of ketones is 1. The summed E-state index contributed by atoms with van der Waals surface area (Å²) in [7, 11) is 0. The molecule has 1 aromatic heterocycles. The number of nitrogens with two attached hydrogens (primary N) is 1. The number of halogens is 3. The molecular weight excluding hydrogens is 437 g/mol. The fourth-order valence-corrected chi connectivity index (χ4v) is 3.86. The van der Waals surface area contributed by atoms with Crippen LogP contribution >= 0.6 is 11.8 Å². The van der Waals surface area contributed by atoms with Gasteiger partial charge in [0.05, 0.1) is 16.9 Å². The number of alkyl halides is 3. The van der Waals surface area contributed by atoms with Gasteiger partial charge in [-0.25, -0.2) is 4.98 Å². The molecule has 0 radical (unpaired) electrons. The summed E-state index contributed by atoms with van der Waals surface area (Å²) in [5.41, 5.74) is 7.28. The highest BCUT2D eigenvalue weighted by Gasteiger charge is 2.30.